The van der Waals surface area contributed by atoms with Gasteiger partial charge in [0.05, 0.1) is 17.4 Å². The first-order valence-electron chi connectivity index (χ1n) is 11.5. The Morgan fingerprint density at radius 3 is 2.49 bits per heavy atom. The molecule has 1 aliphatic rings. The zero-order valence-electron chi connectivity index (χ0n) is 20.0. The largest absolute Gasteiger partial charge is 0.347 e. The molecule has 1 aliphatic heterocycles. The Balaban J connectivity index is 1.36. The Morgan fingerprint density at radius 1 is 1.14 bits per heavy atom. The van der Waals surface area contributed by atoms with Crippen molar-refractivity contribution < 1.29 is 22.1 Å². The van der Waals surface area contributed by atoms with Crippen LogP contribution in [0.3, 0.4) is 0 Å². The first-order chi connectivity index (χ1) is 16.5. The third-order valence-corrected chi connectivity index (χ3v) is 7.98. The highest BCUT2D eigenvalue weighted by molar-refractivity contribution is 7.89. The van der Waals surface area contributed by atoms with Crippen molar-refractivity contribution in [1.29, 1.82) is 0 Å². The molecule has 1 atom stereocenters. The molecule has 1 saturated heterocycles. The van der Waals surface area contributed by atoms with Crippen molar-refractivity contribution in [2.45, 2.75) is 50.5 Å². The summed E-state index contributed by atoms with van der Waals surface area (Å²) in [4.78, 5) is 17.1. The minimum atomic E-state index is -3.81. The summed E-state index contributed by atoms with van der Waals surface area (Å²) in [5.74, 6) is -0.598. The summed E-state index contributed by atoms with van der Waals surface area (Å²) in [5.41, 5.74) is 2.05. The SMILES string of the molecule is CC(C)(C)c1ccc(-c2noc(CNC(=O)[C@H]3CCCN(S(=O)(=O)c4ccc(F)cc4)C3)n2)cc1. The fraction of sp³-hybridized carbons (Fsp3) is 0.400. The number of benzene rings is 2. The van der Waals surface area contributed by atoms with E-state index in [2.05, 4.69) is 36.2 Å². The van der Waals surface area contributed by atoms with Gasteiger partial charge in [-0.25, -0.2) is 12.8 Å². The van der Waals surface area contributed by atoms with Crippen molar-refractivity contribution >= 4 is 15.9 Å². The maximum absolute atomic E-state index is 13.2. The molecule has 186 valence electrons. The molecule has 2 aromatic carbocycles. The number of hydrogen-bond acceptors (Lipinski definition) is 6. The van der Waals surface area contributed by atoms with Crippen LogP contribution in [-0.4, -0.2) is 41.9 Å². The molecule has 1 aromatic heterocycles. The summed E-state index contributed by atoms with van der Waals surface area (Å²) in [6, 6.07) is 12.6. The Morgan fingerprint density at radius 2 is 1.83 bits per heavy atom. The van der Waals surface area contributed by atoms with Crippen LogP contribution in [0.15, 0.2) is 57.9 Å². The fourth-order valence-corrected chi connectivity index (χ4v) is 5.52. The number of hydrogen-bond donors (Lipinski definition) is 1. The number of carbonyl (C=O) groups excluding carboxylic acids is 1. The molecule has 1 fully saturated rings. The van der Waals surface area contributed by atoms with Gasteiger partial charge >= 0.3 is 0 Å². The molecule has 2 heterocycles. The van der Waals surface area contributed by atoms with E-state index in [-0.39, 0.29) is 35.2 Å². The Bertz CT molecular complexity index is 1280. The highest BCUT2D eigenvalue weighted by Crippen LogP contribution is 2.26. The van der Waals surface area contributed by atoms with E-state index >= 15 is 0 Å². The van der Waals surface area contributed by atoms with E-state index in [0.717, 1.165) is 17.7 Å². The van der Waals surface area contributed by atoms with Crippen LogP contribution in [-0.2, 0) is 26.8 Å². The molecule has 1 N–H and O–H groups in total. The normalized spacial score (nSPS) is 17.3. The van der Waals surface area contributed by atoms with Crippen molar-refractivity contribution in [2.24, 2.45) is 5.92 Å². The number of carbonyl (C=O) groups is 1. The van der Waals surface area contributed by atoms with Crippen LogP contribution in [0.1, 0.15) is 45.1 Å². The lowest BCUT2D eigenvalue weighted by Crippen LogP contribution is -2.45. The molecule has 0 unspecified atom stereocenters. The van der Waals surface area contributed by atoms with E-state index in [1.807, 2.05) is 24.3 Å². The predicted octanol–water partition coefficient (Wildman–Crippen LogP) is 3.89. The lowest BCUT2D eigenvalue weighted by Gasteiger charge is -2.31. The standard InChI is InChI=1S/C25H29FN4O4S/c1-25(2,3)19-8-6-17(7-9-19)23-28-22(34-29-23)15-27-24(31)18-5-4-14-30(16-18)35(32,33)21-12-10-20(26)11-13-21/h6-13,18H,4-5,14-16H2,1-3H3,(H,27,31)/t18-/m0/s1. The summed E-state index contributed by atoms with van der Waals surface area (Å²) in [7, 11) is -3.81. The van der Waals surface area contributed by atoms with Crippen LogP contribution < -0.4 is 5.32 Å². The molecule has 0 saturated carbocycles. The number of nitrogens with zero attached hydrogens (tertiary/aromatic N) is 3. The van der Waals surface area contributed by atoms with Crippen LogP contribution in [0, 0.1) is 11.7 Å². The molecule has 4 rings (SSSR count). The van der Waals surface area contributed by atoms with Gasteiger partial charge in [0.2, 0.25) is 27.6 Å². The van der Waals surface area contributed by atoms with E-state index in [4.69, 9.17) is 4.52 Å². The van der Waals surface area contributed by atoms with E-state index in [9.17, 15) is 17.6 Å². The maximum Gasteiger partial charge on any atom is 0.246 e. The second kappa shape index (κ2) is 9.87. The Kier molecular flexibility index (Phi) is 7.05. The Hall–Kier alpha value is -3.11. The van der Waals surface area contributed by atoms with Gasteiger partial charge in [-0.05, 0) is 48.1 Å². The van der Waals surface area contributed by atoms with Gasteiger partial charge < -0.3 is 9.84 Å². The Labute approximate surface area is 204 Å². The summed E-state index contributed by atoms with van der Waals surface area (Å²) < 4.78 is 45.5. The predicted molar refractivity (Wildman–Crippen MR) is 128 cm³/mol. The average Bonchev–Trinajstić information content (AvgIpc) is 3.31. The van der Waals surface area contributed by atoms with Gasteiger partial charge in [-0.1, -0.05) is 50.2 Å². The fourth-order valence-electron chi connectivity index (χ4n) is 4.00. The van der Waals surface area contributed by atoms with Crippen LogP contribution in [0.2, 0.25) is 0 Å². The monoisotopic (exact) mass is 500 g/mol. The van der Waals surface area contributed by atoms with Crippen LogP contribution >= 0.6 is 0 Å². The minimum Gasteiger partial charge on any atom is -0.347 e. The van der Waals surface area contributed by atoms with E-state index in [1.165, 1.54) is 22.0 Å². The summed E-state index contributed by atoms with van der Waals surface area (Å²) in [6.45, 7) is 6.83. The van der Waals surface area contributed by atoms with Gasteiger partial charge in [0.25, 0.3) is 0 Å². The number of halogens is 1. The van der Waals surface area contributed by atoms with E-state index in [1.54, 1.807) is 0 Å². The number of amides is 1. The third-order valence-electron chi connectivity index (χ3n) is 6.10. The molecule has 0 bridgehead atoms. The molecule has 10 heteroatoms. The molecule has 1 amide bonds. The first-order valence-corrected chi connectivity index (χ1v) is 12.9. The number of sulfonamides is 1. The second-order valence-corrected chi connectivity index (χ2v) is 11.7. The third kappa shape index (κ3) is 5.76. The van der Waals surface area contributed by atoms with Crippen LogP contribution in [0.25, 0.3) is 11.4 Å². The zero-order valence-corrected chi connectivity index (χ0v) is 20.8. The molecular weight excluding hydrogens is 471 g/mol. The van der Waals surface area contributed by atoms with Gasteiger partial charge in [0.1, 0.15) is 5.82 Å². The number of nitrogens with one attached hydrogen (secondary N) is 1. The topological polar surface area (TPSA) is 105 Å². The van der Waals surface area contributed by atoms with Gasteiger partial charge in [0, 0.05) is 18.7 Å². The van der Waals surface area contributed by atoms with Crippen molar-refractivity contribution in [3.05, 3.63) is 65.8 Å². The second-order valence-electron chi connectivity index (χ2n) is 9.71. The lowest BCUT2D eigenvalue weighted by molar-refractivity contribution is -0.126. The van der Waals surface area contributed by atoms with Gasteiger partial charge in [-0.3, -0.25) is 4.79 Å². The van der Waals surface area contributed by atoms with Gasteiger partial charge in [-0.15, -0.1) is 0 Å². The van der Waals surface area contributed by atoms with Crippen molar-refractivity contribution in [3.8, 4) is 11.4 Å². The van der Waals surface area contributed by atoms with Gasteiger partial charge in [-0.2, -0.15) is 9.29 Å². The van der Waals surface area contributed by atoms with Crippen LogP contribution in [0.5, 0.6) is 0 Å². The van der Waals surface area contributed by atoms with Crippen molar-refractivity contribution in [3.63, 3.8) is 0 Å². The molecule has 35 heavy (non-hydrogen) atoms. The average molecular weight is 501 g/mol. The molecule has 0 spiro atoms. The molecule has 3 aromatic rings. The summed E-state index contributed by atoms with van der Waals surface area (Å²) >= 11 is 0. The molecule has 0 radical (unpaired) electrons. The highest BCUT2D eigenvalue weighted by Gasteiger charge is 2.33. The maximum atomic E-state index is 13.2. The van der Waals surface area contributed by atoms with E-state index in [0.29, 0.717) is 25.2 Å². The van der Waals surface area contributed by atoms with E-state index < -0.39 is 21.8 Å². The van der Waals surface area contributed by atoms with Crippen molar-refractivity contribution in [1.82, 2.24) is 19.8 Å². The zero-order chi connectivity index (χ0) is 25.2. The van der Waals surface area contributed by atoms with Crippen molar-refractivity contribution in [2.75, 3.05) is 13.1 Å². The summed E-state index contributed by atoms with van der Waals surface area (Å²) in [5, 5.41) is 6.78. The number of piperidine rings is 1. The first kappa shape index (κ1) is 25.0. The quantitative estimate of drug-likeness (QED) is 0.551. The highest BCUT2D eigenvalue weighted by atomic mass is 32.2. The van der Waals surface area contributed by atoms with Gasteiger partial charge in [0.15, 0.2) is 0 Å². The smallest absolute Gasteiger partial charge is 0.246 e. The van der Waals surface area contributed by atoms with Crippen LogP contribution in [0.4, 0.5) is 4.39 Å². The summed E-state index contributed by atoms with van der Waals surface area (Å²) in [6.07, 6.45) is 1.12. The lowest BCUT2D eigenvalue weighted by atomic mass is 9.87. The minimum absolute atomic E-state index is 0.00822. The molecular formula is C25H29FN4O4S. The number of aromatic nitrogens is 2. The molecule has 8 nitrogen and oxygen atoms in total. The molecule has 0 aliphatic carbocycles. The number of rotatable bonds is 6.